The molecule has 1 aliphatic carbocycles. The average molecular weight is 755 g/mol. The van der Waals surface area contributed by atoms with E-state index in [1.54, 1.807) is 0 Å². The molecule has 0 atom stereocenters. The summed E-state index contributed by atoms with van der Waals surface area (Å²) in [6.45, 7) is 4.74. The fourth-order valence-corrected chi connectivity index (χ4v) is 9.43. The molecule has 1 aromatic heterocycles. The van der Waals surface area contributed by atoms with E-state index in [9.17, 15) is 0 Å². The lowest BCUT2D eigenvalue weighted by Crippen LogP contribution is -2.16. The first-order chi connectivity index (χ1) is 29.0. The van der Waals surface area contributed by atoms with Gasteiger partial charge >= 0.3 is 0 Å². The highest BCUT2D eigenvalue weighted by molar-refractivity contribution is 6.09. The molecule has 0 spiro atoms. The van der Waals surface area contributed by atoms with Gasteiger partial charge < -0.3 is 9.47 Å². The Bertz CT molecular complexity index is 3080. The van der Waals surface area contributed by atoms with Crippen molar-refractivity contribution in [2.45, 2.75) is 19.3 Å². The third kappa shape index (κ3) is 5.79. The molecule has 0 saturated carbocycles. The Hall–Kier alpha value is -7.42. The lowest BCUT2D eigenvalue weighted by atomic mass is 9.81. The summed E-state index contributed by atoms with van der Waals surface area (Å²) in [4.78, 5) is 2.44. The van der Waals surface area contributed by atoms with Crippen LogP contribution in [0.25, 0.3) is 72.0 Å². The maximum Gasteiger partial charge on any atom is 0.0543 e. The Morgan fingerprint density at radius 1 is 0.373 bits per heavy atom. The van der Waals surface area contributed by atoms with Crippen molar-refractivity contribution >= 4 is 38.9 Å². The molecule has 2 heteroatoms. The summed E-state index contributed by atoms with van der Waals surface area (Å²) < 4.78 is 2.37. The van der Waals surface area contributed by atoms with Gasteiger partial charge in [0.2, 0.25) is 0 Å². The van der Waals surface area contributed by atoms with E-state index in [1.165, 1.54) is 83.1 Å². The van der Waals surface area contributed by atoms with Crippen molar-refractivity contribution in [1.82, 2.24) is 4.57 Å². The van der Waals surface area contributed by atoms with Crippen molar-refractivity contribution in [2.24, 2.45) is 0 Å². The summed E-state index contributed by atoms with van der Waals surface area (Å²) in [5.74, 6) is 0. The van der Waals surface area contributed by atoms with Crippen molar-refractivity contribution in [3.63, 3.8) is 0 Å². The van der Waals surface area contributed by atoms with E-state index in [2.05, 4.69) is 242 Å². The largest absolute Gasteiger partial charge is 0.310 e. The molecular weight excluding hydrogens is 713 g/mol. The van der Waals surface area contributed by atoms with Gasteiger partial charge in [0.25, 0.3) is 0 Å². The van der Waals surface area contributed by atoms with Gasteiger partial charge in [0.15, 0.2) is 0 Å². The number of fused-ring (bicyclic) bond motifs is 6. The molecule has 0 saturated heterocycles. The van der Waals surface area contributed by atoms with E-state index >= 15 is 0 Å². The Kier molecular flexibility index (Phi) is 8.20. The normalized spacial score (nSPS) is 12.7. The van der Waals surface area contributed by atoms with Crippen LogP contribution in [0, 0.1) is 0 Å². The third-order valence-electron chi connectivity index (χ3n) is 12.4. The van der Waals surface area contributed by atoms with E-state index in [0.717, 1.165) is 17.1 Å². The highest BCUT2D eigenvalue weighted by Crippen LogP contribution is 2.55. The number of para-hydroxylation sites is 2. The van der Waals surface area contributed by atoms with Crippen LogP contribution in [-0.4, -0.2) is 4.57 Å². The predicted molar refractivity (Wildman–Crippen MR) is 249 cm³/mol. The van der Waals surface area contributed by atoms with Gasteiger partial charge in [-0.1, -0.05) is 172 Å². The molecule has 0 fully saturated rings. The van der Waals surface area contributed by atoms with Gasteiger partial charge in [0.05, 0.1) is 16.7 Å². The highest BCUT2D eigenvalue weighted by Gasteiger charge is 2.38. The van der Waals surface area contributed by atoms with Crippen molar-refractivity contribution < 1.29 is 0 Å². The number of benzene rings is 9. The lowest BCUT2D eigenvalue weighted by Gasteiger charge is -2.29. The second-order valence-electron chi connectivity index (χ2n) is 16.2. The van der Waals surface area contributed by atoms with Crippen LogP contribution in [0.1, 0.15) is 25.0 Å². The zero-order valence-corrected chi connectivity index (χ0v) is 33.2. The van der Waals surface area contributed by atoms with Crippen molar-refractivity contribution in [3.05, 3.63) is 230 Å². The zero-order chi connectivity index (χ0) is 39.5. The molecule has 59 heavy (non-hydrogen) atoms. The van der Waals surface area contributed by atoms with Crippen LogP contribution in [0.3, 0.4) is 0 Å². The standard InChI is InChI=1S/C57H42N2/c1-57(2)51-20-13-23-55(56(51)50-37-30-44(38-52(50)57)40-16-7-4-8-17-40)58(45-31-24-41(25-32-45)39-14-5-3-6-15-39)46-33-26-42(27-34-46)43-28-35-47(36-29-43)59-53-21-11-9-18-48(53)49-19-10-12-22-54(49)59/h3-38H,1-2H3. The molecular formula is C57H42N2. The fourth-order valence-electron chi connectivity index (χ4n) is 9.43. The van der Waals surface area contributed by atoms with Crippen LogP contribution < -0.4 is 4.90 Å². The minimum absolute atomic E-state index is 0.163. The Morgan fingerprint density at radius 3 is 1.39 bits per heavy atom. The Labute approximate surface area is 345 Å². The first-order valence-electron chi connectivity index (χ1n) is 20.5. The molecule has 280 valence electrons. The van der Waals surface area contributed by atoms with E-state index in [-0.39, 0.29) is 5.41 Å². The number of aromatic nitrogens is 1. The number of nitrogens with zero attached hydrogens (tertiary/aromatic N) is 2. The minimum atomic E-state index is -0.163. The maximum absolute atomic E-state index is 2.44. The van der Waals surface area contributed by atoms with Gasteiger partial charge in [0, 0.05) is 38.8 Å². The van der Waals surface area contributed by atoms with Gasteiger partial charge in [0.1, 0.15) is 0 Å². The third-order valence-corrected chi connectivity index (χ3v) is 12.4. The predicted octanol–water partition coefficient (Wildman–Crippen LogP) is 15.6. The second kappa shape index (κ2) is 13.9. The molecule has 11 rings (SSSR count). The molecule has 0 N–H and O–H groups in total. The molecule has 0 amide bonds. The van der Waals surface area contributed by atoms with Crippen LogP contribution in [0.2, 0.25) is 0 Å². The summed E-state index contributed by atoms with van der Waals surface area (Å²) in [6.07, 6.45) is 0. The fraction of sp³-hybridized carbons (Fsp3) is 0.0526. The van der Waals surface area contributed by atoms with E-state index < -0.39 is 0 Å². The quantitative estimate of drug-likeness (QED) is 0.157. The average Bonchev–Trinajstić information content (AvgIpc) is 3.76. The van der Waals surface area contributed by atoms with Crippen LogP contribution in [0.4, 0.5) is 17.1 Å². The molecule has 9 aromatic carbocycles. The molecule has 0 radical (unpaired) electrons. The van der Waals surface area contributed by atoms with Crippen LogP contribution in [0.5, 0.6) is 0 Å². The molecule has 0 bridgehead atoms. The number of rotatable bonds is 7. The summed E-state index contributed by atoms with van der Waals surface area (Å²) in [6, 6.07) is 79.7. The number of anilines is 3. The zero-order valence-electron chi connectivity index (χ0n) is 33.2. The van der Waals surface area contributed by atoms with E-state index in [4.69, 9.17) is 0 Å². The summed E-state index contributed by atoms with van der Waals surface area (Å²) >= 11 is 0. The van der Waals surface area contributed by atoms with Crippen molar-refractivity contribution in [3.8, 4) is 50.2 Å². The van der Waals surface area contributed by atoms with Gasteiger partial charge in [-0.2, -0.15) is 0 Å². The molecule has 0 unspecified atom stereocenters. The van der Waals surface area contributed by atoms with Crippen molar-refractivity contribution in [2.75, 3.05) is 4.90 Å². The number of hydrogen-bond donors (Lipinski definition) is 0. The molecule has 2 nitrogen and oxygen atoms in total. The minimum Gasteiger partial charge on any atom is -0.310 e. The molecule has 0 aliphatic heterocycles. The van der Waals surface area contributed by atoms with Gasteiger partial charge in [-0.05, 0) is 111 Å². The summed E-state index contributed by atoms with van der Waals surface area (Å²) in [7, 11) is 0. The van der Waals surface area contributed by atoms with Gasteiger partial charge in [-0.25, -0.2) is 0 Å². The number of hydrogen-bond acceptors (Lipinski definition) is 1. The second-order valence-corrected chi connectivity index (χ2v) is 16.2. The van der Waals surface area contributed by atoms with Crippen LogP contribution in [-0.2, 0) is 5.41 Å². The topological polar surface area (TPSA) is 8.17 Å². The monoisotopic (exact) mass is 754 g/mol. The first kappa shape index (κ1) is 34.8. The molecule has 1 aliphatic rings. The van der Waals surface area contributed by atoms with Crippen LogP contribution >= 0.6 is 0 Å². The lowest BCUT2D eigenvalue weighted by molar-refractivity contribution is 0.660. The molecule has 1 heterocycles. The summed E-state index contributed by atoms with van der Waals surface area (Å²) in [5, 5.41) is 2.55. The molecule has 10 aromatic rings. The van der Waals surface area contributed by atoms with E-state index in [0.29, 0.717) is 0 Å². The van der Waals surface area contributed by atoms with Gasteiger partial charge in [-0.3, -0.25) is 0 Å². The van der Waals surface area contributed by atoms with Crippen molar-refractivity contribution in [1.29, 1.82) is 0 Å². The van der Waals surface area contributed by atoms with Crippen LogP contribution in [0.15, 0.2) is 218 Å². The Morgan fingerprint density at radius 2 is 0.831 bits per heavy atom. The first-order valence-corrected chi connectivity index (χ1v) is 20.5. The van der Waals surface area contributed by atoms with E-state index in [1.807, 2.05) is 0 Å². The highest BCUT2D eigenvalue weighted by atomic mass is 15.1. The van der Waals surface area contributed by atoms with Gasteiger partial charge in [-0.15, -0.1) is 0 Å². The Balaban J connectivity index is 1.00. The maximum atomic E-state index is 2.44. The SMILES string of the molecule is CC1(C)c2cc(-c3ccccc3)ccc2-c2c(N(c3ccc(-c4ccccc4)cc3)c3ccc(-c4ccc(-n5c6ccccc6c6ccccc65)cc4)cc3)cccc21. The summed E-state index contributed by atoms with van der Waals surface area (Å²) in [5.41, 5.74) is 19.4. The smallest absolute Gasteiger partial charge is 0.0543 e.